The van der Waals surface area contributed by atoms with Crippen LogP contribution in [0.2, 0.25) is 0 Å². The number of benzene rings is 1. The van der Waals surface area contributed by atoms with Crippen LogP contribution in [-0.2, 0) is 11.3 Å². The molecule has 188 valence electrons. The minimum atomic E-state index is -1.33. The Morgan fingerprint density at radius 2 is 2.06 bits per heavy atom. The van der Waals surface area contributed by atoms with E-state index in [0.29, 0.717) is 56.5 Å². The first kappa shape index (κ1) is 24.1. The number of thiol groups is 1. The topological polar surface area (TPSA) is 104 Å². The monoisotopic (exact) mass is 512 g/mol. The van der Waals surface area contributed by atoms with Gasteiger partial charge in [0.05, 0.1) is 23.4 Å². The van der Waals surface area contributed by atoms with Crippen molar-refractivity contribution in [2.75, 3.05) is 37.7 Å². The van der Waals surface area contributed by atoms with E-state index in [1.807, 2.05) is 24.0 Å². The van der Waals surface area contributed by atoms with Crippen LogP contribution >= 0.6 is 12.6 Å². The van der Waals surface area contributed by atoms with Gasteiger partial charge in [0.1, 0.15) is 11.4 Å². The summed E-state index contributed by atoms with van der Waals surface area (Å²) in [7, 11) is 0. The van der Waals surface area contributed by atoms with Crippen molar-refractivity contribution in [3.63, 3.8) is 0 Å². The normalized spacial score (nSPS) is 18.4. The maximum Gasteiger partial charge on any atom is 0.341 e. The Hall–Kier alpha value is -3.64. The Labute approximate surface area is 211 Å². The predicted octanol–water partition coefficient (Wildman–Crippen LogP) is 2.24. The molecule has 1 N–H and O–H groups in total. The third kappa shape index (κ3) is 4.49. The van der Waals surface area contributed by atoms with Crippen LogP contribution in [0.3, 0.4) is 0 Å². The molecule has 1 unspecified atom stereocenters. The van der Waals surface area contributed by atoms with Gasteiger partial charge < -0.3 is 19.3 Å². The van der Waals surface area contributed by atoms with Crippen molar-refractivity contribution in [1.29, 1.82) is 0 Å². The van der Waals surface area contributed by atoms with Gasteiger partial charge in [-0.3, -0.25) is 14.7 Å². The molecule has 1 saturated heterocycles. The van der Waals surface area contributed by atoms with E-state index in [9.17, 15) is 14.7 Å². The van der Waals surface area contributed by atoms with Crippen LogP contribution in [0.1, 0.15) is 22.8 Å². The smallest absolute Gasteiger partial charge is 0.341 e. The molecule has 2 aromatic heterocycles. The number of pyridine rings is 2. The first-order valence-electron chi connectivity index (χ1n) is 11.5. The molecule has 4 heterocycles. The van der Waals surface area contributed by atoms with Gasteiger partial charge in [-0.25, -0.2) is 14.2 Å². The van der Waals surface area contributed by atoms with Gasteiger partial charge in [0.2, 0.25) is 16.9 Å². The molecule has 5 rings (SSSR count). The fraction of sp³-hybridized carbons (Fsp3) is 0.333. The molecule has 1 fully saturated rings. The number of carbonyl (C=O) groups is 1. The average molecular weight is 513 g/mol. The van der Waals surface area contributed by atoms with Gasteiger partial charge in [-0.15, -0.1) is 17.7 Å². The van der Waals surface area contributed by atoms with Gasteiger partial charge >= 0.3 is 5.97 Å². The van der Waals surface area contributed by atoms with E-state index in [1.165, 1.54) is 6.20 Å². The number of fused-ring (bicyclic) bond motifs is 1. The molecule has 1 aromatic carbocycles. The summed E-state index contributed by atoms with van der Waals surface area (Å²) in [4.78, 5) is 32.3. The molecule has 0 saturated carbocycles. The summed E-state index contributed by atoms with van der Waals surface area (Å²) in [5.74, 6) is -1.41. The largest absolute Gasteiger partial charge is 0.477 e. The summed E-state index contributed by atoms with van der Waals surface area (Å²) in [6, 6.07) is 6.47. The van der Waals surface area contributed by atoms with Gasteiger partial charge in [-0.2, -0.15) is 0 Å². The summed E-state index contributed by atoms with van der Waals surface area (Å²) in [5, 5.41) is 15.7. The number of rotatable bonds is 6. The van der Waals surface area contributed by atoms with Gasteiger partial charge in [0, 0.05) is 56.7 Å². The number of hydrogen-bond acceptors (Lipinski definition) is 9. The number of ether oxygens (including phenoxy) is 1. The Balaban J connectivity index is 1.31. The lowest BCUT2D eigenvalue weighted by Crippen LogP contribution is -2.50. The summed E-state index contributed by atoms with van der Waals surface area (Å²) in [6.07, 6.45) is 4.68. The molecule has 36 heavy (non-hydrogen) atoms. The van der Waals surface area contributed by atoms with Crippen molar-refractivity contribution in [1.82, 2.24) is 19.5 Å². The fourth-order valence-corrected chi connectivity index (χ4v) is 4.68. The highest BCUT2D eigenvalue weighted by atomic mass is 32.1. The van der Waals surface area contributed by atoms with E-state index in [2.05, 4.69) is 27.6 Å². The summed E-state index contributed by atoms with van der Waals surface area (Å²) in [5.41, 5.74) is 0.107. The average Bonchev–Trinajstić information content (AvgIpc) is 3.25. The minimum absolute atomic E-state index is 0.0628. The minimum Gasteiger partial charge on any atom is -0.477 e. The first-order valence-corrected chi connectivity index (χ1v) is 12.0. The van der Waals surface area contributed by atoms with E-state index in [4.69, 9.17) is 4.74 Å². The lowest BCUT2D eigenvalue weighted by atomic mass is 10.1. The van der Waals surface area contributed by atoms with Crippen molar-refractivity contribution < 1.29 is 19.0 Å². The molecule has 12 heteroatoms. The van der Waals surface area contributed by atoms with E-state index in [1.54, 1.807) is 28.0 Å². The lowest BCUT2D eigenvalue weighted by molar-refractivity contribution is 0.0669. The number of piperazine rings is 1. The second-order valence-corrected chi connectivity index (χ2v) is 9.00. The third-order valence-electron chi connectivity index (χ3n) is 6.38. The van der Waals surface area contributed by atoms with Crippen LogP contribution in [0.5, 0.6) is 0 Å². The Morgan fingerprint density at radius 3 is 2.72 bits per heavy atom. The second kappa shape index (κ2) is 9.78. The molecule has 10 nitrogen and oxygen atoms in total. The summed E-state index contributed by atoms with van der Waals surface area (Å²) < 4.78 is 22.5. The molecule has 0 aliphatic carbocycles. The molecule has 0 radical (unpaired) electrons. The van der Waals surface area contributed by atoms with Crippen LogP contribution in [0.4, 0.5) is 10.1 Å². The number of hydrogen-bond donors (Lipinski definition) is 2. The standard InChI is InChI=1S/C24H25FN6O4S/c1-2-29-13-17(23(33)34)21(32)16-10-18(25)20(11-19(16)29)30-8-6-28(7-9-30)14-31-24(36)35-22(27-31)15-4-3-5-26-12-15/h3-5,10-13,24,36H,2,6-9,14H2,1H3,(H,33,34). The number of hydrazone groups is 1. The van der Waals surface area contributed by atoms with E-state index in [0.717, 1.165) is 11.6 Å². The van der Waals surface area contributed by atoms with Gasteiger partial charge in [-0.1, -0.05) is 0 Å². The Bertz CT molecular complexity index is 1390. The van der Waals surface area contributed by atoms with E-state index >= 15 is 4.39 Å². The highest BCUT2D eigenvalue weighted by Crippen LogP contribution is 2.27. The maximum absolute atomic E-state index is 15.1. The van der Waals surface area contributed by atoms with Gasteiger partial charge in [0.15, 0.2) is 0 Å². The van der Waals surface area contributed by atoms with Gasteiger partial charge in [0.25, 0.3) is 0 Å². The number of carboxylic acids is 1. The zero-order valence-corrected chi connectivity index (χ0v) is 20.4. The fourth-order valence-electron chi connectivity index (χ4n) is 4.46. The van der Waals surface area contributed by atoms with Crippen LogP contribution in [-0.4, -0.2) is 74.8 Å². The summed E-state index contributed by atoms with van der Waals surface area (Å²) in [6.45, 7) is 5.24. The van der Waals surface area contributed by atoms with Gasteiger partial charge in [-0.05, 0) is 31.2 Å². The first-order chi connectivity index (χ1) is 17.4. The zero-order valence-electron chi connectivity index (χ0n) is 19.5. The summed E-state index contributed by atoms with van der Waals surface area (Å²) >= 11 is 4.48. The molecular formula is C24H25FN6O4S. The Kier molecular flexibility index (Phi) is 6.54. The predicted molar refractivity (Wildman–Crippen MR) is 136 cm³/mol. The highest BCUT2D eigenvalue weighted by Gasteiger charge is 2.29. The molecule has 0 amide bonds. The van der Waals surface area contributed by atoms with Crippen molar-refractivity contribution in [2.24, 2.45) is 5.10 Å². The Morgan fingerprint density at radius 1 is 1.28 bits per heavy atom. The van der Waals surface area contributed by atoms with Crippen LogP contribution in [0, 0.1) is 5.82 Å². The quantitative estimate of drug-likeness (QED) is 0.485. The molecular weight excluding hydrogens is 487 g/mol. The number of halogens is 1. The van der Waals surface area contributed by atoms with Crippen molar-refractivity contribution in [3.05, 3.63) is 70.0 Å². The second-order valence-electron chi connectivity index (χ2n) is 8.56. The zero-order chi connectivity index (χ0) is 25.4. The number of aryl methyl sites for hydroxylation is 1. The lowest BCUT2D eigenvalue weighted by Gasteiger charge is -2.37. The number of anilines is 1. The number of aromatic carboxylic acids is 1. The number of carboxylic acid groups (broad SMARTS) is 1. The van der Waals surface area contributed by atoms with Crippen LogP contribution in [0.15, 0.2) is 52.8 Å². The molecule has 0 spiro atoms. The van der Waals surface area contributed by atoms with Crippen molar-refractivity contribution >= 4 is 41.1 Å². The van der Waals surface area contributed by atoms with E-state index < -0.39 is 22.8 Å². The number of aromatic nitrogens is 2. The molecule has 3 aromatic rings. The highest BCUT2D eigenvalue weighted by molar-refractivity contribution is 7.80. The third-order valence-corrected chi connectivity index (χ3v) is 6.75. The van der Waals surface area contributed by atoms with E-state index in [-0.39, 0.29) is 10.9 Å². The molecule has 2 aliphatic rings. The molecule has 2 aliphatic heterocycles. The number of nitrogens with zero attached hydrogens (tertiary/aromatic N) is 6. The SMILES string of the molecule is CCn1cc(C(=O)O)c(=O)c2cc(F)c(N3CCN(CN4N=C(c5cccnc5)OC4S)CC3)cc21. The molecule has 1 atom stereocenters. The van der Waals surface area contributed by atoms with Crippen LogP contribution < -0.4 is 10.3 Å². The van der Waals surface area contributed by atoms with Crippen molar-refractivity contribution in [3.8, 4) is 0 Å². The molecule has 0 bridgehead atoms. The van der Waals surface area contributed by atoms with Crippen molar-refractivity contribution in [2.45, 2.75) is 19.0 Å². The van der Waals surface area contributed by atoms with Crippen LogP contribution in [0.25, 0.3) is 10.9 Å². The maximum atomic E-state index is 15.1.